The summed E-state index contributed by atoms with van der Waals surface area (Å²) in [4.78, 5) is 23.7. The van der Waals surface area contributed by atoms with Gasteiger partial charge in [-0.05, 0) is 36.8 Å². The highest BCUT2D eigenvalue weighted by molar-refractivity contribution is 6.31. The third-order valence-electron chi connectivity index (χ3n) is 2.99. The van der Waals surface area contributed by atoms with Crippen molar-refractivity contribution in [2.24, 2.45) is 0 Å². The second-order valence-electron chi connectivity index (χ2n) is 4.67. The number of rotatable bonds is 4. The van der Waals surface area contributed by atoms with Crippen LogP contribution in [0.15, 0.2) is 42.5 Å². The Balaban J connectivity index is 1.94. The summed E-state index contributed by atoms with van der Waals surface area (Å²) in [6, 6.07) is 11.6. The Kier molecular flexibility index (Phi) is 5.01. The molecule has 0 fully saturated rings. The third kappa shape index (κ3) is 3.99. The summed E-state index contributed by atoms with van der Waals surface area (Å²) in [7, 11) is 0. The van der Waals surface area contributed by atoms with Crippen LogP contribution in [0.2, 0.25) is 5.02 Å². The summed E-state index contributed by atoms with van der Waals surface area (Å²) in [5.74, 6) is -1.09. The number of nitrogens with two attached hydrogens (primary N) is 1. The Morgan fingerprint density at radius 2 is 1.95 bits per heavy atom. The molecule has 1 amide bonds. The van der Waals surface area contributed by atoms with Crippen molar-refractivity contribution in [3.8, 4) is 0 Å². The Hall–Kier alpha value is -2.53. The molecule has 2 aromatic carbocycles. The molecule has 0 heterocycles. The van der Waals surface area contributed by atoms with Crippen LogP contribution in [0, 0.1) is 6.92 Å². The maximum absolute atomic E-state index is 11.8. The van der Waals surface area contributed by atoms with E-state index < -0.39 is 18.5 Å². The van der Waals surface area contributed by atoms with Crippen LogP contribution in [0.4, 0.5) is 11.4 Å². The minimum Gasteiger partial charge on any atom is -0.452 e. The van der Waals surface area contributed by atoms with Crippen molar-refractivity contribution >= 4 is 34.9 Å². The van der Waals surface area contributed by atoms with Crippen molar-refractivity contribution < 1.29 is 14.3 Å². The number of benzene rings is 2. The highest BCUT2D eigenvalue weighted by Crippen LogP contribution is 2.20. The van der Waals surface area contributed by atoms with Crippen LogP contribution >= 0.6 is 11.6 Å². The molecule has 0 aliphatic heterocycles. The number of anilines is 2. The fourth-order valence-corrected chi connectivity index (χ4v) is 1.98. The number of carbonyl (C=O) groups is 2. The SMILES string of the molecule is Cc1ccc(Cl)cc1NC(=O)COC(=O)c1ccccc1N. The van der Waals surface area contributed by atoms with Crippen LogP contribution in [-0.4, -0.2) is 18.5 Å². The molecule has 0 aromatic heterocycles. The van der Waals surface area contributed by atoms with Crippen LogP contribution in [0.3, 0.4) is 0 Å². The number of ether oxygens (including phenoxy) is 1. The lowest BCUT2D eigenvalue weighted by Gasteiger charge is -2.10. The van der Waals surface area contributed by atoms with Gasteiger partial charge in [-0.25, -0.2) is 4.79 Å². The topological polar surface area (TPSA) is 81.4 Å². The molecule has 2 rings (SSSR count). The van der Waals surface area contributed by atoms with Gasteiger partial charge in [0.25, 0.3) is 5.91 Å². The number of para-hydroxylation sites is 1. The van der Waals surface area contributed by atoms with Gasteiger partial charge in [-0.3, -0.25) is 4.79 Å². The normalized spacial score (nSPS) is 10.1. The van der Waals surface area contributed by atoms with Gasteiger partial charge in [0.1, 0.15) is 0 Å². The molecule has 114 valence electrons. The zero-order valence-corrected chi connectivity index (χ0v) is 12.7. The molecule has 0 aliphatic rings. The van der Waals surface area contributed by atoms with Gasteiger partial charge in [0.15, 0.2) is 6.61 Å². The average molecular weight is 319 g/mol. The van der Waals surface area contributed by atoms with E-state index in [2.05, 4.69) is 5.32 Å². The second kappa shape index (κ2) is 6.95. The van der Waals surface area contributed by atoms with Crippen molar-refractivity contribution in [1.82, 2.24) is 0 Å². The maximum atomic E-state index is 11.8. The highest BCUT2D eigenvalue weighted by Gasteiger charge is 2.13. The van der Waals surface area contributed by atoms with Gasteiger partial charge >= 0.3 is 5.97 Å². The smallest absolute Gasteiger partial charge is 0.340 e. The summed E-state index contributed by atoms with van der Waals surface area (Å²) in [6.45, 7) is 1.43. The standard InChI is InChI=1S/C16H15ClN2O3/c1-10-6-7-11(17)8-14(10)19-15(20)9-22-16(21)12-4-2-3-5-13(12)18/h2-8H,9,18H2,1H3,(H,19,20). The van der Waals surface area contributed by atoms with Crippen molar-refractivity contribution in [3.05, 3.63) is 58.6 Å². The molecular weight excluding hydrogens is 304 g/mol. The number of halogens is 1. The van der Waals surface area contributed by atoms with E-state index in [1.165, 1.54) is 6.07 Å². The molecule has 5 nitrogen and oxygen atoms in total. The lowest BCUT2D eigenvalue weighted by atomic mass is 10.2. The van der Waals surface area contributed by atoms with Crippen molar-refractivity contribution in [2.45, 2.75) is 6.92 Å². The van der Waals surface area contributed by atoms with Crippen LogP contribution in [0.1, 0.15) is 15.9 Å². The molecule has 3 N–H and O–H groups in total. The van der Waals surface area contributed by atoms with E-state index in [4.69, 9.17) is 22.1 Å². The predicted octanol–water partition coefficient (Wildman–Crippen LogP) is 3.03. The van der Waals surface area contributed by atoms with Gasteiger partial charge < -0.3 is 15.8 Å². The number of nitrogens with one attached hydrogen (secondary N) is 1. The molecular formula is C16H15ClN2O3. The van der Waals surface area contributed by atoms with E-state index >= 15 is 0 Å². The zero-order chi connectivity index (χ0) is 16.1. The first kappa shape index (κ1) is 15.9. The number of nitrogen functional groups attached to an aromatic ring is 1. The lowest BCUT2D eigenvalue weighted by Crippen LogP contribution is -2.21. The largest absolute Gasteiger partial charge is 0.452 e. The quantitative estimate of drug-likeness (QED) is 0.670. The molecule has 0 radical (unpaired) electrons. The minimum absolute atomic E-state index is 0.231. The molecule has 6 heteroatoms. The molecule has 0 saturated carbocycles. The first-order valence-corrected chi connectivity index (χ1v) is 6.93. The molecule has 0 atom stereocenters. The van der Waals surface area contributed by atoms with Gasteiger partial charge in [-0.1, -0.05) is 29.8 Å². The van der Waals surface area contributed by atoms with E-state index in [1.807, 2.05) is 6.92 Å². The van der Waals surface area contributed by atoms with E-state index in [9.17, 15) is 9.59 Å². The maximum Gasteiger partial charge on any atom is 0.340 e. The molecule has 0 spiro atoms. The lowest BCUT2D eigenvalue weighted by molar-refractivity contribution is -0.119. The fraction of sp³-hybridized carbons (Fsp3) is 0.125. The Bertz CT molecular complexity index is 716. The van der Waals surface area contributed by atoms with Crippen LogP contribution < -0.4 is 11.1 Å². The van der Waals surface area contributed by atoms with E-state index in [0.717, 1.165) is 5.56 Å². The van der Waals surface area contributed by atoms with Gasteiger partial charge in [0.2, 0.25) is 0 Å². The average Bonchev–Trinajstić information content (AvgIpc) is 2.49. The van der Waals surface area contributed by atoms with E-state index in [1.54, 1.807) is 36.4 Å². The zero-order valence-electron chi connectivity index (χ0n) is 11.9. The molecule has 2 aromatic rings. The van der Waals surface area contributed by atoms with E-state index in [0.29, 0.717) is 16.4 Å². The number of amides is 1. The Labute approximate surface area is 133 Å². The molecule has 0 unspecified atom stereocenters. The fourth-order valence-electron chi connectivity index (χ4n) is 1.81. The Morgan fingerprint density at radius 3 is 2.68 bits per heavy atom. The van der Waals surface area contributed by atoms with Crippen molar-refractivity contribution in [1.29, 1.82) is 0 Å². The van der Waals surface area contributed by atoms with Crippen molar-refractivity contribution in [2.75, 3.05) is 17.7 Å². The number of hydrogen-bond acceptors (Lipinski definition) is 4. The summed E-state index contributed by atoms with van der Waals surface area (Å²) in [6.07, 6.45) is 0. The number of carbonyl (C=O) groups excluding carboxylic acids is 2. The minimum atomic E-state index is -0.643. The van der Waals surface area contributed by atoms with Crippen LogP contribution in [0.25, 0.3) is 0 Å². The molecule has 0 saturated heterocycles. The summed E-state index contributed by atoms with van der Waals surface area (Å²) < 4.78 is 4.95. The van der Waals surface area contributed by atoms with E-state index in [-0.39, 0.29) is 5.56 Å². The highest BCUT2D eigenvalue weighted by atomic mass is 35.5. The first-order chi connectivity index (χ1) is 10.5. The number of esters is 1. The van der Waals surface area contributed by atoms with Crippen LogP contribution in [-0.2, 0) is 9.53 Å². The third-order valence-corrected chi connectivity index (χ3v) is 3.22. The van der Waals surface area contributed by atoms with Gasteiger partial charge in [0.05, 0.1) is 5.56 Å². The summed E-state index contributed by atoms with van der Waals surface area (Å²) in [5.41, 5.74) is 7.64. The number of hydrogen-bond donors (Lipinski definition) is 2. The summed E-state index contributed by atoms with van der Waals surface area (Å²) in [5, 5.41) is 3.15. The van der Waals surface area contributed by atoms with Gasteiger partial charge in [0, 0.05) is 16.4 Å². The van der Waals surface area contributed by atoms with Crippen LogP contribution in [0.5, 0.6) is 0 Å². The molecule has 0 bridgehead atoms. The molecule has 22 heavy (non-hydrogen) atoms. The van der Waals surface area contributed by atoms with Gasteiger partial charge in [-0.15, -0.1) is 0 Å². The van der Waals surface area contributed by atoms with Gasteiger partial charge in [-0.2, -0.15) is 0 Å². The Morgan fingerprint density at radius 1 is 1.23 bits per heavy atom. The summed E-state index contributed by atoms with van der Waals surface area (Å²) >= 11 is 5.87. The second-order valence-corrected chi connectivity index (χ2v) is 5.11. The first-order valence-electron chi connectivity index (χ1n) is 6.55. The predicted molar refractivity (Wildman–Crippen MR) is 86.0 cm³/mol. The monoisotopic (exact) mass is 318 g/mol. The molecule has 0 aliphatic carbocycles. The number of aryl methyl sites for hydroxylation is 1. The van der Waals surface area contributed by atoms with Crippen molar-refractivity contribution in [3.63, 3.8) is 0 Å².